The van der Waals surface area contributed by atoms with Crippen molar-refractivity contribution in [2.24, 2.45) is 0 Å². The molecule has 0 fully saturated rings. The summed E-state index contributed by atoms with van der Waals surface area (Å²) in [7, 11) is 0. The van der Waals surface area contributed by atoms with Crippen LogP contribution < -0.4 is 11.1 Å². The molecule has 0 saturated carbocycles. The van der Waals surface area contributed by atoms with Gasteiger partial charge < -0.3 is 16.2 Å². The quantitative estimate of drug-likeness (QED) is 0.179. The maximum Gasteiger partial charge on any atom is 0.314 e. The molecule has 4 aromatic rings. The van der Waals surface area contributed by atoms with Gasteiger partial charge in [-0.25, -0.2) is 4.98 Å². The first-order valence-corrected chi connectivity index (χ1v) is 14.1. The summed E-state index contributed by atoms with van der Waals surface area (Å²) in [6.07, 6.45) is 11.0. The van der Waals surface area contributed by atoms with Crippen LogP contribution in [0.1, 0.15) is 40.7 Å². The van der Waals surface area contributed by atoms with Crippen LogP contribution in [0.3, 0.4) is 0 Å². The zero-order chi connectivity index (χ0) is 28.2. The van der Waals surface area contributed by atoms with Gasteiger partial charge in [0.15, 0.2) is 0 Å². The number of carbonyl (C=O) groups excluding carboxylic acids is 1. The number of nitrogen functional groups attached to an aromatic ring is 1. The molecule has 202 valence electrons. The second-order valence-corrected chi connectivity index (χ2v) is 11.2. The van der Waals surface area contributed by atoms with Crippen molar-refractivity contribution in [3.05, 3.63) is 105 Å². The minimum absolute atomic E-state index is 0.292. The van der Waals surface area contributed by atoms with E-state index in [0.717, 1.165) is 5.69 Å². The summed E-state index contributed by atoms with van der Waals surface area (Å²) in [5.41, 5.74) is 17.4. The van der Waals surface area contributed by atoms with Crippen molar-refractivity contribution in [2.45, 2.75) is 25.7 Å². The molecule has 4 aliphatic rings. The number of hydrogen-bond acceptors (Lipinski definition) is 5. The number of allylic oxidation sites excluding steroid dienone is 4. The number of fused-ring (bicyclic) bond motifs is 8. The largest absolute Gasteiger partial charge is 0.479 e. The monoisotopic (exact) mass is 578 g/mol. The van der Waals surface area contributed by atoms with Gasteiger partial charge in [-0.05, 0) is 101 Å². The number of aromatic hydroxyl groups is 1. The van der Waals surface area contributed by atoms with Gasteiger partial charge in [0.05, 0.1) is 15.6 Å². The first-order chi connectivity index (χ1) is 19.9. The van der Waals surface area contributed by atoms with Crippen LogP contribution in [0.15, 0.2) is 78.5 Å². The van der Waals surface area contributed by atoms with Crippen molar-refractivity contribution in [1.29, 1.82) is 0 Å². The molecule has 0 saturated heterocycles. The predicted molar refractivity (Wildman–Crippen MR) is 167 cm³/mol. The van der Waals surface area contributed by atoms with E-state index in [1.54, 1.807) is 41.5 Å². The lowest BCUT2D eigenvalue weighted by Gasteiger charge is -2.31. The molecule has 8 rings (SSSR count). The van der Waals surface area contributed by atoms with Gasteiger partial charge in [0.1, 0.15) is 0 Å². The molecule has 6 nitrogen and oxygen atoms in total. The Morgan fingerprint density at radius 2 is 1.83 bits per heavy atom. The second kappa shape index (κ2) is 9.91. The van der Waals surface area contributed by atoms with Gasteiger partial charge in [0.25, 0.3) is 5.91 Å². The smallest absolute Gasteiger partial charge is 0.314 e. The van der Waals surface area contributed by atoms with E-state index in [-0.39, 0.29) is 11.9 Å². The molecule has 41 heavy (non-hydrogen) atoms. The van der Waals surface area contributed by atoms with Crippen molar-refractivity contribution in [3.8, 4) is 17.1 Å². The first kappa shape index (κ1) is 25.6. The fourth-order valence-corrected chi connectivity index (χ4v) is 6.26. The van der Waals surface area contributed by atoms with E-state index in [9.17, 15) is 9.90 Å². The summed E-state index contributed by atoms with van der Waals surface area (Å²) in [4.78, 5) is 19.8. The third kappa shape index (κ3) is 4.40. The summed E-state index contributed by atoms with van der Waals surface area (Å²) >= 11 is 11.7. The van der Waals surface area contributed by atoms with Gasteiger partial charge in [-0.2, -0.15) is 4.98 Å². The predicted octanol–water partition coefficient (Wildman–Crippen LogP) is 8.35. The van der Waals surface area contributed by atoms with Crippen molar-refractivity contribution in [2.75, 3.05) is 11.1 Å². The Labute approximate surface area is 246 Å². The van der Waals surface area contributed by atoms with Crippen LogP contribution in [0, 0.1) is 0 Å². The number of rotatable bonds is 2. The van der Waals surface area contributed by atoms with Gasteiger partial charge in [0.2, 0.25) is 0 Å². The Morgan fingerprint density at radius 3 is 2.66 bits per heavy atom. The van der Waals surface area contributed by atoms with Gasteiger partial charge in [-0.1, -0.05) is 53.1 Å². The standard InChI is InChI=1S/C18H15N.C15H9Cl2N3O2/c19-16-9-15-17-13-6-5-10-3-1-2-4-11(10)12(13)7-8-14(17)18(15)16;16-11-3-1-8(6-12(11)17)14(21)19-10-2-4-13-9(5-10)7-18-15(22)20-13/h2,4,7-9H,1,3,5-6,19H2;1-7H,(H,19,21)(H,18,20,22). The molecule has 0 atom stereocenters. The highest BCUT2D eigenvalue weighted by atomic mass is 35.5. The van der Waals surface area contributed by atoms with Crippen LogP contribution in [0.4, 0.5) is 11.4 Å². The average molecular weight is 579 g/mol. The molecule has 0 aliphatic heterocycles. The molecular formula is C33H24Cl2N4O2. The highest BCUT2D eigenvalue weighted by Crippen LogP contribution is 2.54. The summed E-state index contributed by atoms with van der Waals surface area (Å²) in [5.74, 6) is -0.308. The minimum Gasteiger partial charge on any atom is -0.479 e. The van der Waals surface area contributed by atoms with Crippen LogP contribution in [0.5, 0.6) is 6.01 Å². The number of nitrogens with one attached hydrogen (secondary N) is 1. The Bertz CT molecular complexity index is 2000. The minimum atomic E-state index is -0.308. The molecule has 3 aromatic carbocycles. The van der Waals surface area contributed by atoms with Crippen LogP contribution in [0.2, 0.25) is 10.0 Å². The summed E-state index contributed by atoms with van der Waals surface area (Å²) in [5, 5.41) is 16.3. The third-order valence-electron chi connectivity index (χ3n) is 7.96. The number of hydrogen-bond donors (Lipinski definition) is 3. The number of carbonyl (C=O) groups is 1. The van der Waals surface area contributed by atoms with Crippen LogP contribution in [-0.4, -0.2) is 21.0 Å². The summed E-state index contributed by atoms with van der Waals surface area (Å²) < 4.78 is 0. The summed E-state index contributed by atoms with van der Waals surface area (Å²) in [6.45, 7) is 0. The fourth-order valence-electron chi connectivity index (χ4n) is 5.96. The average Bonchev–Trinajstić information content (AvgIpc) is 2.96. The van der Waals surface area contributed by atoms with Crippen molar-refractivity contribution in [1.82, 2.24) is 9.97 Å². The van der Waals surface area contributed by atoms with Crippen LogP contribution in [-0.2, 0) is 6.42 Å². The van der Waals surface area contributed by atoms with E-state index < -0.39 is 0 Å². The molecule has 8 heteroatoms. The van der Waals surface area contributed by atoms with Gasteiger partial charge >= 0.3 is 6.01 Å². The number of benzene rings is 4. The number of aromatic nitrogens is 2. The lowest BCUT2D eigenvalue weighted by Crippen LogP contribution is -2.11. The lowest BCUT2D eigenvalue weighted by atomic mass is 9.73. The van der Waals surface area contributed by atoms with Crippen molar-refractivity contribution < 1.29 is 9.90 Å². The van der Waals surface area contributed by atoms with Gasteiger partial charge in [-0.15, -0.1) is 0 Å². The molecule has 1 heterocycles. The van der Waals surface area contributed by atoms with Gasteiger partial charge in [0, 0.05) is 34.1 Å². The number of halogens is 2. The number of aryl methyl sites for hydroxylation is 1. The van der Waals surface area contributed by atoms with Gasteiger partial charge in [-0.3, -0.25) is 4.79 Å². The van der Waals surface area contributed by atoms with Crippen LogP contribution in [0.25, 0.3) is 38.4 Å². The van der Waals surface area contributed by atoms with Crippen molar-refractivity contribution >= 4 is 67.7 Å². The normalized spacial score (nSPS) is 14.3. The molecule has 0 spiro atoms. The highest BCUT2D eigenvalue weighted by Gasteiger charge is 2.29. The molecule has 0 bridgehead atoms. The SMILES string of the molecule is Nc1cc2c3c4c(ccc3c1-2)C1=C(CCC=C1)CC4.O=C(Nc1ccc2nc(O)ncc2c1)c1ccc(Cl)c(Cl)c1. The van der Waals surface area contributed by atoms with E-state index in [2.05, 4.69) is 45.6 Å². The molecule has 0 unspecified atom stereocenters. The number of nitrogens with two attached hydrogens (primary N) is 1. The topological polar surface area (TPSA) is 101 Å². The Balaban J connectivity index is 0.000000136. The zero-order valence-electron chi connectivity index (χ0n) is 21.8. The molecule has 0 radical (unpaired) electrons. The van der Waals surface area contributed by atoms with E-state index in [0.29, 0.717) is 32.2 Å². The third-order valence-corrected chi connectivity index (χ3v) is 8.70. The fraction of sp³-hybridized carbons (Fsp3) is 0.121. The molecule has 4 N–H and O–H groups in total. The molecule has 1 amide bonds. The molecular weight excluding hydrogens is 555 g/mol. The maximum absolute atomic E-state index is 12.2. The summed E-state index contributed by atoms with van der Waals surface area (Å²) in [6, 6.07) is 16.2. The number of anilines is 2. The Morgan fingerprint density at radius 1 is 0.951 bits per heavy atom. The lowest BCUT2D eigenvalue weighted by molar-refractivity contribution is 0.102. The van der Waals surface area contributed by atoms with E-state index in [1.165, 1.54) is 71.0 Å². The zero-order valence-corrected chi connectivity index (χ0v) is 23.4. The van der Waals surface area contributed by atoms with E-state index in [1.807, 2.05) is 0 Å². The molecule has 4 aliphatic carbocycles. The number of nitrogens with zero attached hydrogens (tertiary/aromatic N) is 2. The van der Waals surface area contributed by atoms with E-state index in [4.69, 9.17) is 28.9 Å². The Kier molecular flexibility index (Phi) is 6.18. The van der Waals surface area contributed by atoms with Crippen LogP contribution >= 0.6 is 23.2 Å². The molecule has 1 aromatic heterocycles. The maximum atomic E-state index is 12.2. The first-order valence-electron chi connectivity index (χ1n) is 13.4. The van der Waals surface area contributed by atoms with E-state index >= 15 is 0 Å². The highest BCUT2D eigenvalue weighted by molar-refractivity contribution is 6.42. The van der Waals surface area contributed by atoms with Crippen molar-refractivity contribution in [3.63, 3.8) is 0 Å². The Hall–Kier alpha value is -4.39. The second-order valence-electron chi connectivity index (χ2n) is 10.4. The number of amides is 1.